The molecular weight excluding hydrogens is 406 g/mol. The largest absolute Gasteiger partial charge is 0.390 e. The zero-order valence-electron chi connectivity index (χ0n) is 17.0. The van der Waals surface area contributed by atoms with Gasteiger partial charge in [-0.25, -0.2) is 9.97 Å². The number of hydrogen-bond donors (Lipinski definition) is 2. The van der Waals surface area contributed by atoms with Crippen LogP contribution in [0.5, 0.6) is 0 Å². The summed E-state index contributed by atoms with van der Waals surface area (Å²) >= 11 is 1.69. The van der Waals surface area contributed by atoms with Crippen molar-refractivity contribution in [3.05, 3.63) is 71.9 Å². The monoisotopic (exact) mass is 427 g/mol. The maximum atomic E-state index is 10.2. The van der Waals surface area contributed by atoms with Gasteiger partial charge in [0.25, 0.3) is 0 Å². The van der Waals surface area contributed by atoms with E-state index >= 15 is 0 Å². The van der Waals surface area contributed by atoms with Crippen LogP contribution in [-0.2, 0) is 5.54 Å². The summed E-state index contributed by atoms with van der Waals surface area (Å²) < 4.78 is 1.77. The Morgan fingerprint density at radius 1 is 1.13 bits per heavy atom. The second-order valence-corrected chi connectivity index (χ2v) is 9.67. The Morgan fingerprint density at radius 3 is 2.65 bits per heavy atom. The number of hydrogen-bond acceptors (Lipinski definition) is 6. The predicted octanol–water partition coefficient (Wildman–Crippen LogP) is 4.37. The first kappa shape index (κ1) is 18.6. The number of rotatable bonds is 3. The van der Waals surface area contributed by atoms with Crippen molar-refractivity contribution in [2.75, 3.05) is 0 Å². The highest BCUT2D eigenvalue weighted by molar-refractivity contribution is 7.13. The summed E-state index contributed by atoms with van der Waals surface area (Å²) in [5, 5.41) is 17.6. The van der Waals surface area contributed by atoms with E-state index in [1.165, 1.54) is 0 Å². The molecule has 0 saturated heterocycles. The molecule has 1 aliphatic rings. The summed E-state index contributed by atoms with van der Waals surface area (Å²) in [7, 11) is 0. The van der Waals surface area contributed by atoms with E-state index in [1.54, 1.807) is 22.0 Å². The third-order valence-electron chi connectivity index (χ3n) is 6.10. The first-order chi connectivity index (χ1) is 14.9. The second kappa shape index (κ2) is 6.43. The van der Waals surface area contributed by atoms with Crippen LogP contribution >= 0.6 is 11.3 Å². The molecule has 1 saturated carbocycles. The highest BCUT2D eigenvalue weighted by Gasteiger charge is 2.49. The number of pyridine rings is 1. The highest BCUT2D eigenvalue weighted by atomic mass is 32.1. The lowest BCUT2D eigenvalue weighted by Gasteiger charge is -2.49. The van der Waals surface area contributed by atoms with Crippen molar-refractivity contribution in [1.29, 1.82) is 0 Å². The van der Waals surface area contributed by atoms with Gasteiger partial charge in [-0.1, -0.05) is 30.3 Å². The van der Waals surface area contributed by atoms with E-state index in [4.69, 9.17) is 10.7 Å². The van der Waals surface area contributed by atoms with Crippen LogP contribution in [0.2, 0.25) is 0 Å². The van der Waals surface area contributed by atoms with E-state index in [2.05, 4.69) is 51.9 Å². The van der Waals surface area contributed by atoms with E-state index in [0.29, 0.717) is 12.8 Å². The number of aromatic nitrogens is 4. The molecule has 5 aromatic rings. The van der Waals surface area contributed by atoms with E-state index in [0.717, 1.165) is 43.9 Å². The quantitative estimate of drug-likeness (QED) is 0.446. The molecule has 0 atom stereocenters. The summed E-state index contributed by atoms with van der Waals surface area (Å²) in [5.41, 5.74) is 11.0. The molecule has 1 fully saturated rings. The standard InChI is InChI=1S/C24H21N5OS/c1-23(30)13-24(25,14-23)17-6-4-15(5-7-17)21-18(19-3-2-10-31-19)11-16-12-26-20-8-9-27-29(20)22(16)28-21/h2-12,30H,13-14,25H2,1H3/t23-,24-. The number of fused-ring (bicyclic) bond motifs is 3. The van der Waals surface area contributed by atoms with E-state index in [-0.39, 0.29) is 0 Å². The van der Waals surface area contributed by atoms with E-state index < -0.39 is 11.1 Å². The minimum absolute atomic E-state index is 0.470. The van der Waals surface area contributed by atoms with Crippen LogP contribution in [0.3, 0.4) is 0 Å². The van der Waals surface area contributed by atoms with Crippen molar-refractivity contribution in [3.8, 4) is 21.7 Å². The van der Waals surface area contributed by atoms with E-state index in [9.17, 15) is 5.11 Å². The Labute approximate surface area is 183 Å². The Bertz CT molecular complexity index is 1410. The van der Waals surface area contributed by atoms with Gasteiger partial charge in [0, 0.05) is 39.2 Å². The minimum Gasteiger partial charge on any atom is -0.390 e. The summed E-state index contributed by atoms with van der Waals surface area (Å²) in [6.07, 6.45) is 4.72. The average molecular weight is 428 g/mol. The molecule has 1 aromatic carbocycles. The maximum absolute atomic E-state index is 10.2. The predicted molar refractivity (Wildman–Crippen MR) is 123 cm³/mol. The van der Waals surface area contributed by atoms with Gasteiger partial charge in [0.15, 0.2) is 11.3 Å². The van der Waals surface area contributed by atoms with Gasteiger partial charge in [0.05, 0.1) is 17.5 Å². The molecule has 0 spiro atoms. The van der Waals surface area contributed by atoms with Crippen LogP contribution in [0.4, 0.5) is 0 Å². The fourth-order valence-corrected chi connectivity index (χ4v) is 5.53. The zero-order chi connectivity index (χ0) is 21.2. The molecule has 6 rings (SSSR count). The van der Waals surface area contributed by atoms with Crippen molar-refractivity contribution >= 4 is 28.0 Å². The minimum atomic E-state index is -0.678. The number of benzene rings is 1. The van der Waals surface area contributed by atoms with Crippen molar-refractivity contribution in [1.82, 2.24) is 19.6 Å². The Kier molecular flexibility index (Phi) is 3.87. The van der Waals surface area contributed by atoms with Gasteiger partial charge in [-0.15, -0.1) is 11.3 Å². The van der Waals surface area contributed by atoms with Crippen LogP contribution in [-0.4, -0.2) is 30.3 Å². The van der Waals surface area contributed by atoms with Gasteiger partial charge in [-0.3, -0.25) is 0 Å². The number of thiophene rings is 1. The lowest BCUT2D eigenvalue weighted by molar-refractivity contribution is -0.0738. The molecule has 0 bridgehead atoms. The molecule has 3 N–H and O–H groups in total. The van der Waals surface area contributed by atoms with Crippen LogP contribution in [0.1, 0.15) is 25.3 Å². The van der Waals surface area contributed by atoms with Gasteiger partial charge in [0.2, 0.25) is 0 Å². The normalized spacial score (nSPS) is 23.3. The van der Waals surface area contributed by atoms with Crippen LogP contribution in [0.15, 0.2) is 66.3 Å². The number of aliphatic hydroxyl groups is 1. The summed E-state index contributed by atoms with van der Waals surface area (Å²) in [6, 6.07) is 16.4. The molecule has 6 nitrogen and oxygen atoms in total. The van der Waals surface area contributed by atoms with Gasteiger partial charge < -0.3 is 10.8 Å². The summed E-state index contributed by atoms with van der Waals surface area (Å²) in [5.74, 6) is 0. The SMILES string of the molecule is C[C@]1(O)C[C@@](N)(c2ccc(-c3nc4c(cnc5ccnn54)cc3-c3cccs3)cc2)C1. The first-order valence-corrected chi connectivity index (χ1v) is 11.1. The molecule has 1 aliphatic carbocycles. The van der Waals surface area contributed by atoms with Crippen molar-refractivity contribution < 1.29 is 5.11 Å². The summed E-state index contributed by atoms with van der Waals surface area (Å²) in [4.78, 5) is 10.7. The number of nitrogens with two attached hydrogens (primary N) is 1. The molecule has 31 heavy (non-hydrogen) atoms. The molecule has 4 aromatic heterocycles. The number of nitrogens with zero attached hydrogens (tertiary/aromatic N) is 4. The molecule has 4 heterocycles. The molecule has 0 aliphatic heterocycles. The molecule has 7 heteroatoms. The fraction of sp³-hybridized carbons (Fsp3) is 0.208. The maximum Gasteiger partial charge on any atom is 0.165 e. The molecule has 0 unspecified atom stereocenters. The Morgan fingerprint density at radius 2 is 1.94 bits per heavy atom. The zero-order valence-corrected chi connectivity index (χ0v) is 17.8. The van der Waals surface area contributed by atoms with Gasteiger partial charge in [-0.2, -0.15) is 9.61 Å². The Balaban J connectivity index is 1.51. The molecule has 154 valence electrons. The highest BCUT2D eigenvalue weighted by Crippen LogP contribution is 2.46. The topological polar surface area (TPSA) is 89.3 Å². The fourth-order valence-electron chi connectivity index (χ4n) is 4.79. The van der Waals surface area contributed by atoms with Gasteiger partial charge in [-0.05, 0) is 42.8 Å². The summed E-state index contributed by atoms with van der Waals surface area (Å²) in [6.45, 7) is 1.84. The third kappa shape index (κ3) is 2.96. The Hall–Kier alpha value is -3.13. The lowest BCUT2D eigenvalue weighted by Crippen LogP contribution is -2.58. The average Bonchev–Trinajstić information content (AvgIpc) is 3.43. The van der Waals surface area contributed by atoms with Crippen LogP contribution in [0, 0.1) is 0 Å². The van der Waals surface area contributed by atoms with Crippen LogP contribution < -0.4 is 5.73 Å². The molecular formula is C24H21N5OS. The van der Waals surface area contributed by atoms with E-state index in [1.807, 2.05) is 25.3 Å². The van der Waals surface area contributed by atoms with Gasteiger partial charge >= 0.3 is 0 Å². The molecule has 0 radical (unpaired) electrons. The third-order valence-corrected chi connectivity index (χ3v) is 7.01. The van der Waals surface area contributed by atoms with Crippen molar-refractivity contribution in [3.63, 3.8) is 0 Å². The van der Waals surface area contributed by atoms with Crippen molar-refractivity contribution in [2.24, 2.45) is 5.73 Å². The van der Waals surface area contributed by atoms with Crippen molar-refractivity contribution in [2.45, 2.75) is 30.9 Å². The molecule has 0 amide bonds. The second-order valence-electron chi connectivity index (χ2n) is 8.72. The smallest absolute Gasteiger partial charge is 0.165 e. The van der Waals surface area contributed by atoms with Crippen LogP contribution in [0.25, 0.3) is 38.4 Å². The first-order valence-electron chi connectivity index (χ1n) is 10.2. The van der Waals surface area contributed by atoms with Gasteiger partial charge in [0.1, 0.15) is 0 Å². The lowest BCUT2D eigenvalue weighted by atomic mass is 9.63.